The number of nitrogens with zero attached hydrogens (tertiary/aromatic N) is 3. The van der Waals surface area contributed by atoms with Crippen LogP contribution in [0.4, 0.5) is 0 Å². The van der Waals surface area contributed by atoms with Crippen LogP contribution in [0.1, 0.15) is 43.6 Å². The lowest BCUT2D eigenvalue weighted by Crippen LogP contribution is -2.24. The third-order valence-electron chi connectivity index (χ3n) is 3.56. The molecule has 2 saturated heterocycles. The minimum atomic E-state index is 0.408. The molecular formula is C11H18N4O. The summed E-state index contributed by atoms with van der Waals surface area (Å²) in [6, 6.07) is 0.937. The van der Waals surface area contributed by atoms with Crippen LogP contribution in [0.5, 0.6) is 0 Å². The minimum Gasteiger partial charge on any atom is -0.381 e. The SMILES string of the molecule is c1nnc(C2CCCN2)n1C1CCOCC1. The predicted molar refractivity (Wildman–Crippen MR) is 59.1 cm³/mol. The largest absolute Gasteiger partial charge is 0.381 e. The maximum absolute atomic E-state index is 5.39. The van der Waals surface area contributed by atoms with E-state index in [0.29, 0.717) is 12.1 Å². The van der Waals surface area contributed by atoms with Crippen molar-refractivity contribution < 1.29 is 4.74 Å². The van der Waals surface area contributed by atoms with Crippen molar-refractivity contribution in [1.29, 1.82) is 0 Å². The molecule has 0 radical (unpaired) electrons. The van der Waals surface area contributed by atoms with Gasteiger partial charge in [0.1, 0.15) is 12.2 Å². The highest BCUT2D eigenvalue weighted by Crippen LogP contribution is 2.27. The Morgan fingerprint density at radius 1 is 1.31 bits per heavy atom. The molecule has 16 heavy (non-hydrogen) atoms. The molecule has 0 bridgehead atoms. The maximum Gasteiger partial charge on any atom is 0.150 e. The van der Waals surface area contributed by atoms with Gasteiger partial charge in [0.15, 0.2) is 0 Å². The summed E-state index contributed by atoms with van der Waals surface area (Å²) < 4.78 is 7.65. The van der Waals surface area contributed by atoms with Crippen LogP contribution in [0.15, 0.2) is 6.33 Å². The third-order valence-corrected chi connectivity index (χ3v) is 3.56. The van der Waals surface area contributed by atoms with Crippen LogP contribution in [0.3, 0.4) is 0 Å². The molecule has 2 aliphatic rings. The fourth-order valence-electron chi connectivity index (χ4n) is 2.65. The third kappa shape index (κ3) is 1.85. The quantitative estimate of drug-likeness (QED) is 0.812. The lowest BCUT2D eigenvalue weighted by atomic mass is 10.1. The zero-order valence-corrected chi connectivity index (χ0v) is 9.43. The molecule has 0 aromatic carbocycles. The van der Waals surface area contributed by atoms with Gasteiger partial charge in [0.25, 0.3) is 0 Å². The van der Waals surface area contributed by atoms with E-state index in [1.165, 1.54) is 12.8 Å². The Balaban J connectivity index is 1.80. The Bertz CT molecular complexity index is 340. The van der Waals surface area contributed by atoms with E-state index in [1.807, 2.05) is 6.33 Å². The highest BCUT2D eigenvalue weighted by molar-refractivity contribution is 5.00. The molecule has 2 aliphatic heterocycles. The van der Waals surface area contributed by atoms with E-state index in [2.05, 4.69) is 20.1 Å². The first-order valence-electron chi connectivity index (χ1n) is 6.15. The second kappa shape index (κ2) is 4.51. The summed E-state index contributed by atoms with van der Waals surface area (Å²) in [5.41, 5.74) is 0. The van der Waals surface area contributed by atoms with Gasteiger partial charge in [-0.05, 0) is 32.2 Å². The van der Waals surface area contributed by atoms with Crippen LogP contribution in [-0.4, -0.2) is 34.5 Å². The molecule has 1 N–H and O–H groups in total. The zero-order chi connectivity index (χ0) is 10.8. The molecule has 0 spiro atoms. The Morgan fingerprint density at radius 2 is 2.19 bits per heavy atom. The van der Waals surface area contributed by atoms with Gasteiger partial charge in [-0.3, -0.25) is 0 Å². The van der Waals surface area contributed by atoms with Gasteiger partial charge in [0, 0.05) is 19.3 Å². The highest BCUT2D eigenvalue weighted by Gasteiger charge is 2.25. The summed E-state index contributed by atoms with van der Waals surface area (Å²) in [4.78, 5) is 0. The average molecular weight is 222 g/mol. The van der Waals surface area contributed by atoms with Gasteiger partial charge in [0.2, 0.25) is 0 Å². The molecule has 1 aromatic heterocycles. The molecule has 5 nitrogen and oxygen atoms in total. The number of aromatic nitrogens is 3. The number of nitrogens with one attached hydrogen (secondary N) is 1. The molecule has 3 heterocycles. The maximum atomic E-state index is 5.39. The normalized spacial score (nSPS) is 27.4. The van der Waals surface area contributed by atoms with E-state index in [9.17, 15) is 0 Å². The van der Waals surface area contributed by atoms with Crippen molar-refractivity contribution in [2.75, 3.05) is 19.8 Å². The van der Waals surface area contributed by atoms with Gasteiger partial charge in [0.05, 0.1) is 6.04 Å². The van der Waals surface area contributed by atoms with E-state index < -0.39 is 0 Å². The zero-order valence-electron chi connectivity index (χ0n) is 9.43. The van der Waals surface area contributed by atoms with Crippen molar-refractivity contribution in [1.82, 2.24) is 20.1 Å². The van der Waals surface area contributed by atoms with Gasteiger partial charge >= 0.3 is 0 Å². The van der Waals surface area contributed by atoms with E-state index >= 15 is 0 Å². The molecule has 1 unspecified atom stereocenters. The first-order valence-corrected chi connectivity index (χ1v) is 6.15. The fourth-order valence-corrected chi connectivity index (χ4v) is 2.65. The van der Waals surface area contributed by atoms with Crippen molar-refractivity contribution in [2.24, 2.45) is 0 Å². The second-order valence-electron chi connectivity index (χ2n) is 4.59. The average Bonchev–Trinajstić information content (AvgIpc) is 3.01. The monoisotopic (exact) mass is 222 g/mol. The van der Waals surface area contributed by atoms with Crippen LogP contribution in [-0.2, 0) is 4.74 Å². The first kappa shape index (κ1) is 10.2. The van der Waals surface area contributed by atoms with Crippen LogP contribution in [0.2, 0.25) is 0 Å². The topological polar surface area (TPSA) is 52.0 Å². The molecule has 3 rings (SSSR count). The van der Waals surface area contributed by atoms with Crippen molar-refractivity contribution in [2.45, 2.75) is 37.8 Å². The predicted octanol–water partition coefficient (Wildman–Crippen LogP) is 1.05. The lowest BCUT2D eigenvalue weighted by molar-refractivity contribution is 0.0683. The fraction of sp³-hybridized carbons (Fsp3) is 0.818. The second-order valence-corrected chi connectivity index (χ2v) is 4.59. The summed E-state index contributed by atoms with van der Waals surface area (Å²) in [6.07, 6.45) is 6.47. The van der Waals surface area contributed by atoms with Crippen molar-refractivity contribution >= 4 is 0 Å². The molecule has 0 amide bonds. The highest BCUT2D eigenvalue weighted by atomic mass is 16.5. The van der Waals surface area contributed by atoms with Crippen molar-refractivity contribution in [3.05, 3.63) is 12.2 Å². The smallest absolute Gasteiger partial charge is 0.150 e. The Labute approximate surface area is 95.2 Å². The summed E-state index contributed by atoms with van der Waals surface area (Å²) in [5, 5.41) is 11.8. The lowest BCUT2D eigenvalue weighted by Gasteiger charge is -2.25. The van der Waals surface area contributed by atoms with Gasteiger partial charge in [-0.15, -0.1) is 10.2 Å². The standard InChI is InChI=1S/C11H18N4O/c1-2-10(12-5-1)11-14-13-8-15(11)9-3-6-16-7-4-9/h8-10,12H,1-7H2. The van der Waals surface area contributed by atoms with E-state index in [0.717, 1.165) is 38.4 Å². The number of rotatable bonds is 2. The first-order chi connectivity index (χ1) is 7.95. The van der Waals surface area contributed by atoms with Crippen LogP contribution < -0.4 is 5.32 Å². The van der Waals surface area contributed by atoms with E-state index in [-0.39, 0.29) is 0 Å². The van der Waals surface area contributed by atoms with Gasteiger partial charge in [-0.25, -0.2) is 0 Å². The van der Waals surface area contributed by atoms with Crippen molar-refractivity contribution in [3.8, 4) is 0 Å². The molecule has 5 heteroatoms. The summed E-state index contributed by atoms with van der Waals surface area (Å²) >= 11 is 0. The number of hydrogen-bond acceptors (Lipinski definition) is 4. The van der Waals surface area contributed by atoms with Gasteiger partial charge in [-0.1, -0.05) is 0 Å². The van der Waals surface area contributed by atoms with Crippen LogP contribution in [0, 0.1) is 0 Å². The molecular weight excluding hydrogens is 204 g/mol. The Kier molecular flexibility index (Phi) is 2.88. The summed E-state index contributed by atoms with van der Waals surface area (Å²) in [7, 11) is 0. The van der Waals surface area contributed by atoms with E-state index in [1.54, 1.807) is 0 Å². The summed E-state index contributed by atoms with van der Waals surface area (Å²) in [6.45, 7) is 2.83. The molecule has 88 valence electrons. The molecule has 0 saturated carbocycles. The van der Waals surface area contributed by atoms with Crippen LogP contribution >= 0.6 is 0 Å². The van der Waals surface area contributed by atoms with Crippen molar-refractivity contribution in [3.63, 3.8) is 0 Å². The van der Waals surface area contributed by atoms with Gasteiger partial charge < -0.3 is 14.6 Å². The molecule has 1 atom stereocenters. The Morgan fingerprint density at radius 3 is 2.94 bits per heavy atom. The Hall–Kier alpha value is -0.940. The van der Waals surface area contributed by atoms with Gasteiger partial charge in [-0.2, -0.15) is 0 Å². The summed E-state index contributed by atoms with van der Waals surface area (Å²) in [5.74, 6) is 1.12. The minimum absolute atomic E-state index is 0.408. The molecule has 2 fully saturated rings. The van der Waals surface area contributed by atoms with E-state index in [4.69, 9.17) is 4.74 Å². The number of hydrogen-bond donors (Lipinski definition) is 1. The number of ether oxygens (including phenoxy) is 1. The molecule has 0 aliphatic carbocycles. The molecule has 1 aromatic rings. The van der Waals surface area contributed by atoms with Crippen LogP contribution in [0.25, 0.3) is 0 Å².